The number of aliphatic carboxylic acids is 1. The summed E-state index contributed by atoms with van der Waals surface area (Å²) >= 11 is 0. The molecule has 2 bridgehead atoms. The van der Waals surface area contributed by atoms with Gasteiger partial charge in [-0.2, -0.15) is 13.2 Å². The number of nitrogens with one attached hydrogen (secondary N) is 1. The van der Waals surface area contributed by atoms with Crippen molar-refractivity contribution in [3.05, 3.63) is 0 Å². The molecular formula is C12H19F3N2O3. The average molecular weight is 296 g/mol. The molecule has 2 saturated heterocycles. The summed E-state index contributed by atoms with van der Waals surface area (Å²) in [7, 11) is 0. The van der Waals surface area contributed by atoms with Gasteiger partial charge in [0.15, 0.2) is 0 Å². The molecule has 0 radical (unpaired) electrons. The Kier molecular flexibility index (Phi) is 5.38. The number of carboxylic acid groups (broad SMARTS) is 1. The van der Waals surface area contributed by atoms with E-state index in [4.69, 9.17) is 9.90 Å². The first-order valence-electron chi connectivity index (χ1n) is 6.47. The Morgan fingerprint density at radius 2 is 1.60 bits per heavy atom. The van der Waals surface area contributed by atoms with E-state index in [0.717, 1.165) is 13.1 Å². The summed E-state index contributed by atoms with van der Waals surface area (Å²) in [5.41, 5.74) is 0. The smallest absolute Gasteiger partial charge is 0.475 e. The van der Waals surface area contributed by atoms with E-state index in [1.54, 1.807) is 0 Å². The summed E-state index contributed by atoms with van der Waals surface area (Å²) in [5.74, 6) is -2.26. The van der Waals surface area contributed by atoms with Gasteiger partial charge in [0.1, 0.15) is 0 Å². The minimum absolute atomic E-state index is 0.154. The molecule has 0 aliphatic carbocycles. The van der Waals surface area contributed by atoms with Crippen molar-refractivity contribution >= 4 is 11.9 Å². The van der Waals surface area contributed by atoms with Gasteiger partial charge in [-0.3, -0.25) is 4.79 Å². The molecule has 0 aromatic rings. The molecule has 2 rings (SSSR count). The first kappa shape index (κ1) is 16.7. The van der Waals surface area contributed by atoms with E-state index in [1.807, 2.05) is 13.8 Å². The van der Waals surface area contributed by atoms with E-state index < -0.39 is 12.1 Å². The van der Waals surface area contributed by atoms with Crippen molar-refractivity contribution in [1.82, 2.24) is 10.2 Å². The van der Waals surface area contributed by atoms with Crippen molar-refractivity contribution in [2.45, 2.75) is 44.9 Å². The molecule has 2 atom stereocenters. The van der Waals surface area contributed by atoms with Crippen LogP contribution >= 0.6 is 0 Å². The summed E-state index contributed by atoms with van der Waals surface area (Å²) in [6, 6.07) is 0.960. The molecule has 20 heavy (non-hydrogen) atoms. The third kappa shape index (κ3) is 4.09. The van der Waals surface area contributed by atoms with E-state index in [1.165, 1.54) is 12.8 Å². The van der Waals surface area contributed by atoms with Gasteiger partial charge in [0, 0.05) is 31.1 Å². The van der Waals surface area contributed by atoms with Gasteiger partial charge in [0.2, 0.25) is 5.91 Å². The number of carbonyl (C=O) groups is 2. The zero-order valence-electron chi connectivity index (χ0n) is 11.4. The number of hydrogen-bond acceptors (Lipinski definition) is 3. The molecule has 116 valence electrons. The van der Waals surface area contributed by atoms with Crippen LogP contribution in [0.4, 0.5) is 13.2 Å². The number of amides is 1. The van der Waals surface area contributed by atoms with Crippen molar-refractivity contribution in [3.8, 4) is 0 Å². The summed E-state index contributed by atoms with van der Waals surface area (Å²) in [5, 5.41) is 10.5. The maximum absolute atomic E-state index is 11.9. The highest BCUT2D eigenvalue weighted by atomic mass is 19.4. The van der Waals surface area contributed by atoms with E-state index in [9.17, 15) is 18.0 Å². The van der Waals surface area contributed by atoms with Crippen LogP contribution in [-0.4, -0.2) is 53.2 Å². The van der Waals surface area contributed by atoms with Crippen LogP contribution in [0.25, 0.3) is 0 Å². The highest BCUT2D eigenvalue weighted by Crippen LogP contribution is 2.27. The fourth-order valence-electron chi connectivity index (χ4n) is 2.44. The molecule has 0 spiro atoms. The monoisotopic (exact) mass is 296 g/mol. The van der Waals surface area contributed by atoms with Crippen LogP contribution in [0.1, 0.15) is 26.7 Å². The largest absolute Gasteiger partial charge is 0.490 e. The topological polar surface area (TPSA) is 69.6 Å². The fourth-order valence-corrected chi connectivity index (χ4v) is 2.44. The van der Waals surface area contributed by atoms with Crippen LogP contribution in [0.15, 0.2) is 0 Å². The normalized spacial score (nSPS) is 25.2. The first-order valence-corrected chi connectivity index (χ1v) is 6.47. The van der Waals surface area contributed by atoms with Crippen LogP contribution < -0.4 is 5.32 Å². The molecule has 8 heteroatoms. The van der Waals surface area contributed by atoms with Gasteiger partial charge in [-0.25, -0.2) is 4.79 Å². The Hall–Kier alpha value is -1.31. The highest BCUT2D eigenvalue weighted by Gasteiger charge is 2.40. The van der Waals surface area contributed by atoms with Gasteiger partial charge in [-0.15, -0.1) is 0 Å². The molecule has 2 aliphatic heterocycles. The number of hydrogen-bond donors (Lipinski definition) is 2. The van der Waals surface area contributed by atoms with Crippen molar-refractivity contribution in [2.24, 2.45) is 5.92 Å². The lowest BCUT2D eigenvalue weighted by Gasteiger charge is -2.36. The molecule has 2 N–H and O–H groups in total. The predicted molar refractivity (Wildman–Crippen MR) is 65.1 cm³/mol. The number of piperazine rings is 1. The predicted octanol–water partition coefficient (Wildman–Crippen LogP) is 1.24. The third-order valence-corrected chi connectivity index (χ3v) is 3.37. The van der Waals surface area contributed by atoms with E-state index in [0.29, 0.717) is 18.0 Å². The maximum atomic E-state index is 11.9. The van der Waals surface area contributed by atoms with Crippen LogP contribution in [0.3, 0.4) is 0 Å². The number of halogens is 3. The van der Waals surface area contributed by atoms with Crippen LogP contribution in [-0.2, 0) is 9.59 Å². The van der Waals surface area contributed by atoms with Crippen LogP contribution in [0.2, 0.25) is 0 Å². The summed E-state index contributed by atoms with van der Waals surface area (Å²) in [4.78, 5) is 22.9. The first-order chi connectivity index (χ1) is 9.14. The quantitative estimate of drug-likeness (QED) is 0.764. The number of rotatable bonds is 1. The van der Waals surface area contributed by atoms with Crippen molar-refractivity contribution in [2.75, 3.05) is 13.1 Å². The molecule has 2 fully saturated rings. The number of nitrogens with zero attached hydrogens (tertiary/aromatic N) is 1. The van der Waals surface area contributed by atoms with Gasteiger partial charge in [0.05, 0.1) is 0 Å². The van der Waals surface area contributed by atoms with Gasteiger partial charge in [-0.05, 0) is 12.8 Å². The number of carbonyl (C=O) groups excluding carboxylic acids is 1. The Bertz CT molecular complexity index is 355. The molecule has 1 amide bonds. The molecule has 0 saturated carbocycles. The second-order valence-electron chi connectivity index (χ2n) is 5.25. The number of alkyl halides is 3. The average Bonchev–Trinajstić information content (AvgIpc) is 2.57. The Morgan fingerprint density at radius 1 is 1.20 bits per heavy atom. The zero-order valence-corrected chi connectivity index (χ0v) is 11.4. The van der Waals surface area contributed by atoms with Crippen molar-refractivity contribution < 1.29 is 27.9 Å². The van der Waals surface area contributed by atoms with Gasteiger partial charge < -0.3 is 15.3 Å². The highest BCUT2D eigenvalue weighted by molar-refractivity contribution is 5.79. The molecule has 0 aromatic carbocycles. The second kappa shape index (κ2) is 6.43. The Morgan fingerprint density at radius 3 is 1.90 bits per heavy atom. The number of fused-ring (bicyclic) bond motifs is 2. The van der Waals surface area contributed by atoms with E-state index in [2.05, 4.69) is 10.2 Å². The van der Waals surface area contributed by atoms with E-state index >= 15 is 0 Å². The third-order valence-electron chi connectivity index (χ3n) is 3.37. The van der Waals surface area contributed by atoms with Crippen LogP contribution in [0, 0.1) is 5.92 Å². The van der Waals surface area contributed by atoms with Gasteiger partial charge >= 0.3 is 12.1 Å². The molecule has 0 aromatic heterocycles. The fraction of sp³-hybridized carbons (Fsp3) is 0.833. The molecular weight excluding hydrogens is 277 g/mol. The van der Waals surface area contributed by atoms with Gasteiger partial charge in [0.25, 0.3) is 0 Å². The minimum Gasteiger partial charge on any atom is -0.475 e. The lowest BCUT2D eigenvalue weighted by Crippen LogP contribution is -2.55. The molecule has 2 heterocycles. The zero-order chi connectivity index (χ0) is 15.5. The minimum atomic E-state index is -5.08. The SMILES string of the molecule is CC(C)C(=O)N1[C@@H]2CC[C@H]1CNC2.O=C(O)C(F)(F)F. The lowest BCUT2D eigenvalue weighted by atomic mass is 10.1. The van der Waals surface area contributed by atoms with Crippen molar-refractivity contribution in [3.63, 3.8) is 0 Å². The molecule has 2 aliphatic rings. The molecule has 0 unspecified atom stereocenters. The maximum Gasteiger partial charge on any atom is 0.490 e. The standard InChI is InChI=1S/C10H18N2O.C2HF3O2/c1-7(2)10(13)12-8-3-4-9(12)6-11-5-8;3-2(4,5)1(6)7/h7-9,11H,3-6H2,1-2H3;(H,6,7)/t8-,9+;. The molecule has 5 nitrogen and oxygen atoms in total. The summed E-state index contributed by atoms with van der Waals surface area (Å²) in [6.45, 7) is 5.97. The summed E-state index contributed by atoms with van der Waals surface area (Å²) in [6.07, 6.45) is -2.70. The Labute approximate surface area is 115 Å². The van der Waals surface area contributed by atoms with Gasteiger partial charge in [-0.1, -0.05) is 13.8 Å². The lowest BCUT2D eigenvalue weighted by molar-refractivity contribution is -0.192. The van der Waals surface area contributed by atoms with Crippen molar-refractivity contribution in [1.29, 1.82) is 0 Å². The van der Waals surface area contributed by atoms with Crippen LogP contribution in [0.5, 0.6) is 0 Å². The summed E-state index contributed by atoms with van der Waals surface area (Å²) < 4.78 is 31.7. The van der Waals surface area contributed by atoms with E-state index in [-0.39, 0.29) is 5.92 Å². The Balaban J connectivity index is 0.000000246. The number of carboxylic acids is 1. The second-order valence-corrected chi connectivity index (χ2v) is 5.25.